The van der Waals surface area contributed by atoms with Gasteiger partial charge < -0.3 is 10.6 Å². The molecule has 138 valence electrons. The van der Waals surface area contributed by atoms with Crippen molar-refractivity contribution in [2.24, 2.45) is 5.73 Å². The summed E-state index contributed by atoms with van der Waals surface area (Å²) in [6.45, 7) is 7.25. The van der Waals surface area contributed by atoms with Gasteiger partial charge in [0.1, 0.15) is 0 Å². The van der Waals surface area contributed by atoms with Crippen LogP contribution in [-0.4, -0.2) is 5.96 Å². The van der Waals surface area contributed by atoms with Gasteiger partial charge in [0, 0.05) is 5.39 Å². The number of benzene rings is 3. The lowest BCUT2D eigenvalue weighted by Crippen LogP contribution is -2.36. The third-order valence-electron chi connectivity index (χ3n) is 5.60. The molecule has 0 bridgehead atoms. The fourth-order valence-electron chi connectivity index (χ4n) is 4.06. The van der Waals surface area contributed by atoms with Crippen molar-refractivity contribution in [2.45, 2.75) is 45.6 Å². The van der Waals surface area contributed by atoms with E-state index < -0.39 is 0 Å². The van der Waals surface area contributed by atoms with Gasteiger partial charge in [-0.15, -0.1) is 0 Å². The first-order valence-corrected chi connectivity index (χ1v) is 9.59. The van der Waals surface area contributed by atoms with Gasteiger partial charge in [0.25, 0.3) is 0 Å². The molecule has 3 heteroatoms. The molecule has 0 heterocycles. The van der Waals surface area contributed by atoms with Crippen molar-refractivity contribution in [3.8, 4) is 0 Å². The standard InChI is InChI=1S/C24H27N3/c1-24(2,3)19-12-7-16(8-13-19)15-27(23(25)26)21-14-11-18-10-9-17-5-4-6-20(21)22(17)18/h4-8,11-14H,9-10,15H2,1-3H3,(H3,25,26). The van der Waals surface area contributed by atoms with E-state index in [4.69, 9.17) is 11.1 Å². The van der Waals surface area contributed by atoms with Crippen LogP contribution in [-0.2, 0) is 24.8 Å². The molecule has 0 amide bonds. The van der Waals surface area contributed by atoms with Gasteiger partial charge in [0.2, 0.25) is 0 Å². The van der Waals surface area contributed by atoms with Crippen molar-refractivity contribution in [3.63, 3.8) is 0 Å². The zero-order valence-electron chi connectivity index (χ0n) is 16.3. The van der Waals surface area contributed by atoms with Crippen LogP contribution in [0.15, 0.2) is 54.6 Å². The lowest BCUT2D eigenvalue weighted by atomic mass is 9.87. The maximum absolute atomic E-state index is 8.18. The predicted molar refractivity (Wildman–Crippen MR) is 115 cm³/mol. The molecule has 3 N–H and O–H groups in total. The number of hydrogen-bond acceptors (Lipinski definition) is 1. The topological polar surface area (TPSA) is 53.1 Å². The summed E-state index contributed by atoms with van der Waals surface area (Å²) >= 11 is 0. The summed E-state index contributed by atoms with van der Waals surface area (Å²) in [7, 11) is 0. The Morgan fingerprint density at radius 1 is 0.963 bits per heavy atom. The van der Waals surface area contributed by atoms with Crippen LogP contribution in [0, 0.1) is 5.41 Å². The number of rotatable bonds is 3. The Bertz CT molecular complexity index is 1000. The number of nitrogens with two attached hydrogens (primary N) is 1. The van der Waals surface area contributed by atoms with Crippen LogP contribution in [0.1, 0.15) is 43.0 Å². The third-order valence-corrected chi connectivity index (χ3v) is 5.60. The van der Waals surface area contributed by atoms with Gasteiger partial charge in [-0.1, -0.05) is 69.3 Å². The van der Waals surface area contributed by atoms with Gasteiger partial charge in [-0.25, -0.2) is 0 Å². The monoisotopic (exact) mass is 357 g/mol. The van der Waals surface area contributed by atoms with Gasteiger partial charge in [-0.2, -0.15) is 0 Å². The van der Waals surface area contributed by atoms with E-state index in [1.54, 1.807) is 0 Å². The van der Waals surface area contributed by atoms with Crippen LogP contribution in [0.2, 0.25) is 0 Å². The van der Waals surface area contributed by atoms with Crippen molar-refractivity contribution in [1.82, 2.24) is 0 Å². The van der Waals surface area contributed by atoms with E-state index in [2.05, 4.69) is 75.4 Å². The summed E-state index contributed by atoms with van der Waals surface area (Å²) in [5, 5.41) is 10.7. The number of anilines is 1. The van der Waals surface area contributed by atoms with Crippen LogP contribution < -0.4 is 10.6 Å². The molecular formula is C24H27N3. The Labute approximate surface area is 161 Å². The minimum Gasteiger partial charge on any atom is -0.370 e. The van der Waals surface area contributed by atoms with Gasteiger partial charge in [-0.05, 0) is 52.0 Å². The third kappa shape index (κ3) is 3.18. The van der Waals surface area contributed by atoms with Gasteiger partial charge in [0.05, 0.1) is 12.2 Å². The molecule has 1 aliphatic carbocycles. The zero-order chi connectivity index (χ0) is 19.2. The smallest absolute Gasteiger partial charge is 0.193 e. The molecule has 0 spiro atoms. The van der Waals surface area contributed by atoms with E-state index in [0.717, 1.165) is 24.1 Å². The first-order chi connectivity index (χ1) is 12.8. The highest BCUT2D eigenvalue weighted by Gasteiger charge is 2.20. The summed E-state index contributed by atoms with van der Waals surface area (Å²) in [5.74, 6) is 0.0774. The van der Waals surface area contributed by atoms with E-state index in [1.807, 2.05) is 4.90 Å². The fraction of sp³-hybridized carbons (Fsp3) is 0.292. The highest BCUT2D eigenvalue weighted by atomic mass is 15.2. The van der Waals surface area contributed by atoms with Crippen molar-refractivity contribution in [2.75, 3.05) is 4.90 Å². The molecule has 0 atom stereocenters. The predicted octanol–water partition coefficient (Wildman–Crippen LogP) is 5.14. The van der Waals surface area contributed by atoms with Crippen molar-refractivity contribution < 1.29 is 0 Å². The van der Waals surface area contributed by atoms with Crippen LogP contribution in [0.5, 0.6) is 0 Å². The van der Waals surface area contributed by atoms with Crippen LogP contribution in [0.25, 0.3) is 10.8 Å². The molecule has 1 aliphatic rings. The second-order valence-electron chi connectivity index (χ2n) is 8.50. The number of nitrogens with one attached hydrogen (secondary N) is 1. The van der Waals surface area contributed by atoms with E-state index in [1.165, 1.54) is 27.5 Å². The molecule has 0 unspecified atom stereocenters. The van der Waals surface area contributed by atoms with Crippen molar-refractivity contribution in [1.29, 1.82) is 5.41 Å². The normalized spacial score (nSPS) is 13.1. The molecule has 0 fully saturated rings. The van der Waals surface area contributed by atoms with E-state index in [0.29, 0.717) is 6.54 Å². The molecular weight excluding hydrogens is 330 g/mol. The summed E-state index contributed by atoms with van der Waals surface area (Å²) in [6.07, 6.45) is 2.20. The summed E-state index contributed by atoms with van der Waals surface area (Å²) in [6, 6.07) is 19.5. The lowest BCUT2D eigenvalue weighted by Gasteiger charge is -2.25. The Balaban J connectivity index is 1.73. The molecule has 0 aromatic heterocycles. The summed E-state index contributed by atoms with van der Waals surface area (Å²) in [5.41, 5.74) is 12.4. The number of hydrogen-bond donors (Lipinski definition) is 2. The van der Waals surface area contributed by atoms with E-state index >= 15 is 0 Å². The molecule has 0 saturated carbocycles. The molecule has 3 nitrogen and oxygen atoms in total. The maximum Gasteiger partial charge on any atom is 0.193 e. The van der Waals surface area contributed by atoms with Crippen molar-refractivity contribution >= 4 is 22.4 Å². The second kappa shape index (κ2) is 6.41. The Morgan fingerprint density at radius 2 is 1.63 bits per heavy atom. The SMILES string of the molecule is CC(C)(C)c1ccc(CN(C(=N)N)c2ccc3c4c(cccc24)CC3)cc1. The Kier molecular flexibility index (Phi) is 4.18. The molecule has 0 radical (unpaired) electrons. The quantitative estimate of drug-likeness (QED) is 0.504. The number of guanidine groups is 1. The average Bonchev–Trinajstić information content (AvgIpc) is 3.05. The minimum absolute atomic E-state index is 0.0774. The van der Waals surface area contributed by atoms with Crippen LogP contribution in [0.4, 0.5) is 5.69 Å². The minimum atomic E-state index is 0.0774. The summed E-state index contributed by atoms with van der Waals surface area (Å²) < 4.78 is 0. The van der Waals surface area contributed by atoms with Gasteiger partial charge in [0.15, 0.2) is 5.96 Å². The number of aryl methyl sites for hydroxylation is 2. The van der Waals surface area contributed by atoms with E-state index in [9.17, 15) is 0 Å². The first kappa shape index (κ1) is 17.6. The highest BCUT2D eigenvalue weighted by Crippen LogP contribution is 2.37. The maximum atomic E-state index is 8.18. The molecule has 27 heavy (non-hydrogen) atoms. The van der Waals surface area contributed by atoms with Crippen LogP contribution >= 0.6 is 0 Å². The number of nitrogens with zero attached hydrogens (tertiary/aromatic N) is 1. The second-order valence-corrected chi connectivity index (χ2v) is 8.50. The first-order valence-electron chi connectivity index (χ1n) is 9.59. The Hall–Kier alpha value is -2.81. The largest absolute Gasteiger partial charge is 0.370 e. The molecule has 3 aromatic rings. The lowest BCUT2D eigenvalue weighted by molar-refractivity contribution is 0.590. The average molecular weight is 358 g/mol. The summed E-state index contributed by atoms with van der Waals surface area (Å²) in [4.78, 5) is 1.91. The van der Waals surface area contributed by atoms with Gasteiger partial charge >= 0.3 is 0 Å². The van der Waals surface area contributed by atoms with E-state index in [-0.39, 0.29) is 11.4 Å². The Morgan fingerprint density at radius 3 is 2.26 bits per heavy atom. The fourth-order valence-corrected chi connectivity index (χ4v) is 4.06. The molecule has 3 aromatic carbocycles. The zero-order valence-corrected chi connectivity index (χ0v) is 16.3. The molecule has 0 aliphatic heterocycles. The highest BCUT2D eigenvalue weighted by molar-refractivity contribution is 6.06. The van der Waals surface area contributed by atoms with Gasteiger partial charge in [-0.3, -0.25) is 5.41 Å². The molecule has 4 rings (SSSR count). The van der Waals surface area contributed by atoms with Crippen LogP contribution in [0.3, 0.4) is 0 Å². The molecule has 0 saturated heterocycles. The van der Waals surface area contributed by atoms with Crippen molar-refractivity contribution in [3.05, 3.63) is 76.9 Å².